The van der Waals surface area contributed by atoms with Crippen molar-refractivity contribution in [3.63, 3.8) is 0 Å². The van der Waals surface area contributed by atoms with Gasteiger partial charge in [0.15, 0.2) is 11.5 Å². The molecule has 4 heteroatoms. The molecule has 1 heterocycles. The van der Waals surface area contributed by atoms with Gasteiger partial charge >= 0.3 is 6.48 Å². The summed E-state index contributed by atoms with van der Waals surface area (Å²) < 4.78 is 15.8. The number of halogens is 1. The molecule has 0 saturated heterocycles. The summed E-state index contributed by atoms with van der Waals surface area (Å²) in [6, 6.07) is 7.43. The molecule has 0 N–H and O–H groups in total. The van der Waals surface area contributed by atoms with Gasteiger partial charge in [0, 0.05) is 5.88 Å². The van der Waals surface area contributed by atoms with Gasteiger partial charge < -0.3 is 14.2 Å². The largest absolute Gasteiger partial charge is 0.428 e. The Morgan fingerprint density at radius 1 is 1.23 bits per heavy atom. The van der Waals surface area contributed by atoms with Crippen molar-refractivity contribution in [2.45, 2.75) is 6.48 Å². The second kappa shape index (κ2) is 3.85. The molecule has 70 valence electrons. The summed E-state index contributed by atoms with van der Waals surface area (Å²) in [5.74, 6) is 1.85. The lowest BCUT2D eigenvalue weighted by atomic mass is 10.3. The summed E-state index contributed by atoms with van der Waals surface area (Å²) in [5, 5.41) is 0. The van der Waals surface area contributed by atoms with Crippen LogP contribution >= 0.6 is 11.6 Å². The monoisotopic (exact) mass is 200 g/mol. The van der Waals surface area contributed by atoms with Gasteiger partial charge in [0.25, 0.3) is 0 Å². The minimum atomic E-state index is -0.642. The molecule has 0 atom stereocenters. The van der Waals surface area contributed by atoms with Crippen LogP contribution in [0.15, 0.2) is 24.3 Å². The Labute approximate surface area is 81.2 Å². The Kier molecular flexibility index (Phi) is 2.57. The van der Waals surface area contributed by atoms with Crippen LogP contribution in [0.25, 0.3) is 0 Å². The first-order valence-electron chi connectivity index (χ1n) is 4.00. The van der Waals surface area contributed by atoms with E-state index in [0.717, 1.165) is 0 Å². The third-order valence-corrected chi connectivity index (χ3v) is 1.78. The summed E-state index contributed by atoms with van der Waals surface area (Å²) in [6.07, 6.45) is 0. The number of hydrogen-bond acceptors (Lipinski definition) is 3. The SMILES string of the molecule is ClCCOC1Oc2ccccc2O1. The summed E-state index contributed by atoms with van der Waals surface area (Å²) in [6.45, 7) is -0.226. The zero-order valence-electron chi connectivity index (χ0n) is 6.90. The normalized spacial score (nSPS) is 14.8. The van der Waals surface area contributed by atoms with Crippen LogP contribution in [-0.4, -0.2) is 19.0 Å². The van der Waals surface area contributed by atoms with E-state index in [2.05, 4.69) is 0 Å². The summed E-state index contributed by atoms with van der Waals surface area (Å²) in [7, 11) is 0. The maximum atomic E-state index is 5.46. The van der Waals surface area contributed by atoms with Gasteiger partial charge in [-0.3, -0.25) is 0 Å². The van der Waals surface area contributed by atoms with Crippen LogP contribution < -0.4 is 9.47 Å². The second-order valence-corrected chi connectivity index (χ2v) is 2.91. The predicted molar refractivity (Wildman–Crippen MR) is 48.2 cm³/mol. The number of hydrogen-bond donors (Lipinski definition) is 0. The highest BCUT2D eigenvalue weighted by molar-refractivity contribution is 6.17. The summed E-state index contributed by atoms with van der Waals surface area (Å²) in [4.78, 5) is 0. The van der Waals surface area contributed by atoms with Gasteiger partial charge in [-0.2, -0.15) is 0 Å². The molecule has 1 aromatic rings. The van der Waals surface area contributed by atoms with E-state index in [1.807, 2.05) is 24.3 Å². The van der Waals surface area contributed by atoms with Crippen molar-refractivity contribution in [2.24, 2.45) is 0 Å². The van der Waals surface area contributed by atoms with Gasteiger partial charge in [0.2, 0.25) is 0 Å². The molecule has 0 fully saturated rings. The predicted octanol–water partition coefficient (Wildman–Crippen LogP) is 2.00. The molecule has 0 aliphatic carbocycles. The van der Waals surface area contributed by atoms with Crippen molar-refractivity contribution in [3.05, 3.63) is 24.3 Å². The van der Waals surface area contributed by atoms with Crippen LogP contribution in [0.2, 0.25) is 0 Å². The van der Waals surface area contributed by atoms with E-state index >= 15 is 0 Å². The van der Waals surface area contributed by atoms with E-state index in [1.54, 1.807) is 0 Å². The number of ether oxygens (including phenoxy) is 3. The summed E-state index contributed by atoms with van der Waals surface area (Å²) in [5.41, 5.74) is 0. The Balaban J connectivity index is 1.97. The van der Waals surface area contributed by atoms with Gasteiger partial charge in [-0.1, -0.05) is 12.1 Å². The highest BCUT2D eigenvalue weighted by Crippen LogP contribution is 2.33. The van der Waals surface area contributed by atoms with Gasteiger partial charge in [0.05, 0.1) is 6.61 Å². The van der Waals surface area contributed by atoms with E-state index in [-0.39, 0.29) is 0 Å². The minimum Gasteiger partial charge on any atom is -0.428 e. The Hall–Kier alpha value is -0.930. The second-order valence-electron chi connectivity index (χ2n) is 2.53. The molecule has 0 saturated carbocycles. The van der Waals surface area contributed by atoms with Gasteiger partial charge in [0.1, 0.15) is 0 Å². The minimum absolute atomic E-state index is 0.417. The standard InChI is InChI=1S/C9H9ClO3/c10-5-6-11-9-12-7-3-1-2-4-8(7)13-9/h1-4,9H,5-6H2. The number of alkyl halides is 1. The number of para-hydroxylation sites is 2. The van der Waals surface area contributed by atoms with Crippen LogP contribution in [0.5, 0.6) is 11.5 Å². The maximum absolute atomic E-state index is 5.46. The first-order chi connectivity index (χ1) is 6.40. The van der Waals surface area contributed by atoms with Crippen LogP contribution in [0.3, 0.4) is 0 Å². The fourth-order valence-electron chi connectivity index (χ4n) is 1.09. The lowest BCUT2D eigenvalue weighted by molar-refractivity contribution is -0.172. The smallest absolute Gasteiger partial charge is 0.361 e. The van der Waals surface area contributed by atoms with E-state index in [0.29, 0.717) is 24.0 Å². The fourth-order valence-corrected chi connectivity index (χ4v) is 1.17. The first kappa shape index (κ1) is 8.66. The Morgan fingerprint density at radius 2 is 1.85 bits per heavy atom. The van der Waals surface area contributed by atoms with Crippen molar-refractivity contribution >= 4 is 11.6 Å². The lowest BCUT2D eigenvalue weighted by Gasteiger charge is -2.08. The number of fused-ring (bicyclic) bond motifs is 1. The molecule has 1 aromatic carbocycles. The zero-order chi connectivity index (χ0) is 9.10. The van der Waals surface area contributed by atoms with Crippen LogP contribution in [0.1, 0.15) is 0 Å². The number of benzene rings is 1. The van der Waals surface area contributed by atoms with Crippen molar-refractivity contribution in [3.8, 4) is 11.5 Å². The van der Waals surface area contributed by atoms with Crippen LogP contribution in [0, 0.1) is 0 Å². The van der Waals surface area contributed by atoms with E-state index in [9.17, 15) is 0 Å². The van der Waals surface area contributed by atoms with Crippen molar-refractivity contribution < 1.29 is 14.2 Å². The molecule has 13 heavy (non-hydrogen) atoms. The van der Waals surface area contributed by atoms with Crippen LogP contribution in [0.4, 0.5) is 0 Å². The highest BCUT2D eigenvalue weighted by atomic mass is 35.5. The average molecular weight is 201 g/mol. The molecule has 3 nitrogen and oxygen atoms in total. The quantitative estimate of drug-likeness (QED) is 0.699. The third kappa shape index (κ3) is 1.87. The third-order valence-electron chi connectivity index (χ3n) is 1.63. The molecule has 0 bridgehead atoms. The number of rotatable bonds is 3. The van der Waals surface area contributed by atoms with E-state index < -0.39 is 6.48 Å². The summed E-state index contributed by atoms with van der Waals surface area (Å²) >= 11 is 5.46. The molecule has 1 aliphatic rings. The highest BCUT2D eigenvalue weighted by Gasteiger charge is 2.23. The maximum Gasteiger partial charge on any atom is 0.361 e. The molecule has 0 amide bonds. The van der Waals surface area contributed by atoms with Crippen LogP contribution in [-0.2, 0) is 4.74 Å². The lowest BCUT2D eigenvalue weighted by Crippen LogP contribution is -2.22. The molecule has 0 aromatic heterocycles. The van der Waals surface area contributed by atoms with Crippen molar-refractivity contribution in [1.29, 1.82) is 0 Å². The van der Waals surface area contributed by atoms with Gasteiger partial charge in [-0.05, 0) is 12.1 Å². The topological polar surface area (TPSA) is 27.7 Å². The van der Waals surface area contributed by atoms with Gasteiger partial charge in [-0.25, -0.2) is 0 Å². The molecular formula is C9H9ClO3. The van der Waals surface area contributed by atoms with Crippen molar-refractivity contribution in [1.82, 2.24) is 0 Å². The van der Waals surface area contributed by atoms with Gasteiger partial charge in [-0.15, -0.1) is 11.6 Å². The average Bonchev–Trinajstić information content (AvgIpc) is 2.57. The van der Waals surface area contributed by atoms with E-state index in [1.165, 1.54) is 0 Å². The molecule has 0 unspecified atom stereocenters. The van der Waals surface area contributed by atoms with E-state index in [4.69, 9.17) is 25.8 Å². The fraction of sp³-hybridized carbons (Fsp3) is 0.333. The molecule has 0 spiro atoms. The Morgan fingerprint density at radius 3 is 2.38 bits per heavy atom. The first-order valence-corrected chi connectivity index (χ1v) is 4.53. The molecule has 0 radical (unpaired) electrons. The molecular weight excluding hydrogens is 192 g/mol. The molecule has 2 rings (SSSR count). The Bertz CT molecular complexity index is 265. The van der Waals surface area contributed by atoms with Crippen molar-refractivity contribution in [2.75, 3.05) is 12.5 Å². The zero-order valence-corrected chi connectivity index (χ0v) is 7.66. The molecule has 1 aliphatic heterocycles.